The summed E-state index contributed by atoms with van der Waals surface area (Å²) in [5.74, 6) is 0.227. The van der Waals surface area contributed by atoms with Crippen LogP contribution in [0, 0.1) is 0 Å². The van der Waals surface area contributed by atoms with Crippen molar-refractivity contribution in [3.63, 3.8) is 0 Å². The third-order valence-electron chi connectivity index (χ3n) is 3.57. The lowest BCUT2D eigenvalue weighted by Gasteiger charge is -2.11. The number of aromatic nitrogens is 3. The summed E-state index contributed by atoms with van der Waals surface area (Å²) in [6.07, 6.45) is -4.73. The minimum atomic E-state index is -4.73. The highest BCUT2D eigenvalue weighted by Gasteiger charge is 2.30. The van der Waals surface area contributed by atoms with Gasteiger partial charge in [0.1, 0.15) is 5.75 Å². The lowest BCUT2D eigenvalue weighted by molar-refractivity contribution is -0.274. The van der Waals surface area contributed by atoms with E-state index in [4.69, 9.17) is 19.9 Å². The SMILES string of the molecule is COc1nc(NCCOCCOCCN)nc(NCc2ccc(OC(F)(F)F)cc2)n1. The quantitative estimate of drug-likeness (QED) is 0.370. The van der Waals surface area contributed by atoms with Crippen LogP contribution in [0.5, 0.6) is 11.8 Å². The first kappa shape index (κ1) is 24.4. The minimum Gasteiger partial charge on any atom is -0.467 e. The van der Waals surface area contributed by atoms with Crippen LogP contribution in [0.15, 0.2) is 24.3 Å². The average molecular weight is 446 g/mol. The summed E-state index contributed by atoms with van der Waals surface area (Å²) >= 11 is 0. The van der Waals surface area contributed by atoms with Crippen LogP contribution in [0.4, 0.5) is 25.1 Å². The van der Waals surface area contributed by atoms with Gasteiger partial charge < -0.3 is 35.3 Å². The molecule has 1 aromatic heterocycles. The van der Waals surface area contributed by atoms with Gasteiger partial charge in [0.15, 0.2) is 0 Å². The number of ether oxygens (including phenoxy) is 4. The topological polar surface area (TPSA) is 126 Å². The molecule has 0 amide bonds. The van der Waals surface area contributed by atoms with Gasteiger partial charge in [-0.2, -0.15) is 15.0 Å². The van der Waals surface area contributed by atoms with Crippen molar-refractivity contribution in [1.82, 2.24) is 15.0 Å². The normalized spacial score (nSPS) is 11.3. The lowest BCUT2D eigenvalue weighted by atomic mass is 10.2. The molecular weight excluding hydrogens is 421 g/mol. The number of alkyl halides is 3. The number of hydrogen-bond acceptors (Lipinski definition) is 10. The molecule has 0 radical (unpaired) electrons. The van der Waals surface area contributed by atoms with Crippen LogP contribution < -0.4 is 25.8 Å². The van der Waals surface area contributed by atoms with E-state index >= 15 is 0 Å². The second-order valence-electron chi connectivity index (χ2n) is 5.95. The Morgan fingerprint density at radius 1 is 0.903 bits per heavy atom. The van der Waals surface area contributed by atoms with Gasteiger partial charge in [-0.25, -0.2) is 0 Å². The fourth-order valence-electron chi connectivity index (χ4n) is 2.24. The highest BCUT2D eigenvalue weighted by Crippen LogP contribution is 2.23. The molecule has 0 spiro atoms. The molecule has 2 aromatic rings. The van der Waals surface area contributed by atoms with E-state index in [2.05, 4.69) is 30.3 Å². The Kier molecular flexibility index (Phi) is 10.00. The monoisotopic (exact) mass is 446 g/mol. The third kappa shape index (κ3) is 10.1. The molecule has 0 atom stereocenters. The molecule has 172 valence electrons. The maximum Gasteiger partial charge on any atom is 0.573 e. The van der Waals surface area contributed by atoms with Crippen molar-refractivity contribution in [2.45, 2.75) is 12.9 Å². The summed E-state index contributed by atoms with van der Waals surface area (Å²) in [5.41, 5.74) is 6.02. The second kappa shape index (κ2) is 12.7. The molecule has 0 saturated heterocycles. The molecule has 2 rings (SSSR count). The molecule has 0 fully saturated rings. The number of hydrogen-bond donors (Lipinski definition) is 3. The summed E-state index contributed by atoms with van der Waals surface area (Å²) in [4.78, 5) is 12.4. The van der Waals surface area contributed by atoms with Crippen LogP contribution in [0.1, 0.15) is 5.56 Å². The zero-order valence-corrected chi connectivity index (χ0v) is 16.9. The van der Waals surface area contributed by atoms with Crippen molar-refractivity contribution >= 4 is 11.9 Å². The highest BCUT2D eigenvalue weighted by atomic mass is 19.4. The van der Waals surface area contributed by atoms with Gasteiger partial charge >= 0.3 is 12.4 Å². The Hall–Kier alpha value is -2.90. The number of anilines is 2. The number of nitrogens with two attached hydrogens (primary N) is 1. The molecule has 0 aliphatic heterocycles. The number of nitrogens with one attached hydrogen (secondary N) is 2. The Morgan fingerprint density at radius 2 is 1.55 bits per heavy atom. The molecule has 31 heavy (non-hydrogen) atoms. The summed E-state index contributed by atoms with van der Waals surface area (Å²) in [5, 5.41) is 5.97. The van der Waals surface area contributed by atoms with E-state index in [1.807, 2.05) is 0 Å². The predicted octanol–water partition coefficient (Wildman–Crippen LogP) is 1.79. The largest absolute Gasteiger partial charge is 0.573 e. The van der Waals surface area contributed by atoms with Crippen molar-refractivity contribution in [1.29, 1.82) is 0 Å². The van der Waals surface area contributed by atoms with Crippen LogP contribution in [0.3, 0.4) is 0 Å². The smallest absolute Gasteiger partial charge is 0.467 e. The zero-order chi connectivity index (χ0) is 22.5. The van der Waals surface area contributed by atoms with E-state index in [1.54, 1.807) is 0 Å². The Morgan fingerprint density at radius 3 is 2.16 bits per heavy atom. The van der Waals surface area contributed by atoms with E-state index in [0.29, 0.717) is 45.1 Å². The summed E-state index contributed by atoms with van der Waals surface area (Å²) in [6.45, 7) is 3.00. The standard InChI is InChI=1S/C18H25F3N6O4/c1-28-17-26-15(23-7-9-30-11-10-29-8-6-22)25-16(27-17)24-12-13-2-4-14(5-3-13)31-18(19,20)21/h2-5H,6-12,22H2,1H3,(H2,23,24,25,26,27). The second-order valence-corrected chi connectivity index (χ2v) is 5.95. The van der Waals surface area contributed by atoms with E-state index in [-0.39, 0.29) is 30.2 Å². The molecule has 13 heteroatoms. The number of benzene rings is 1. The Bertz CT molecular complexity index is 780. The van der Waals surface area contributed by atoms with Crippen LogP contribution in [-0.4, -0.2) is 67.9 Å². The zero-order valence-electron chi connectivity index (χ0n) is 16.9. The van der Waals surface area contributed by atoms with E-state index in [1.165, 1.54) is 31.4 Å². The van der Waals surface area contributed by atoms with Gasteiger partial charge in [0.05, 0.1) is 33.5 Å². The van der Waals surface area contributed by atoms with Gasteiger partial charge in [-0.15, -0.1) is 13.2 Å². The number of methoxy groups -OCH3 is 1. The predicted molar refractivity (Wildman–Crippen MR) is 106 cm³/mol. The lowest BCUT2D eigenvalue weighted by Crippen LogP contribution is -2.17. The van der Waals surface area contributed by atoms with Crippen molar-refractivity contribution in [2.24, 2.45) is 5.73 Å². The van der Waals surface area contributed by atoms with Crippen LogP contribution in [-0.2, 0) is 16.0 Å². The van der Waals surface area contributed by atoms with Crippen molar-refractivity contribution in [2.75, 3.05) is 57.3 Å². The Labute approximate surface area is 177 Å². The number of rotatable bonds is 14. The molecular formula is C18H25F3N6O4. The van der Waals surface area contributed by atoms with Gasteiger partial charge in [-0.3, -0.25) is 0 Å². The van der Waals surface area contributed by atoms with E-state index < -0.39 is 6.36 Å². The molecule has 1 heterocycles. The number of nitrogens with zero attached hydrogens (tertiary/aromatic N) is 3. The van der Waals surface area contributed by atoms with Crippen LogP contribution >= 0.6 is 0 Å². The summed E-state index contributed by atoms with van der Waals surface area (Å²) < 4.78 is 56.2. The van der Waals surface area contributed by atoms with E-state index in [9.17, 15) is 13.2 Å². The summed E-state index contributed by atoms with van der Waals surface area (Å²) in [7, 11) is 1.42. The van der Waals surface area contributed by atoms with Crippen molar-refractivity contribution in [3.05, 3.63) is 29.8 Å². The third-order valence-corrected chi connectivity index (χ3v) is 3.57. The minimum absolute atomic E-state index is 0.102. The molecule has 0 unspecified atom stereocenters. The molecule has 0 bridgehead atoms. The Balaban J connectivity index is 1.82. The van der Waals surface area contributed by atoms with Crippen LogP contribution in [0.25, 0.3) is 0 Å². The molecule has 1 aromatic carbocycles. The van der Waals surface area contributed by atoms with Crippen molar-refractivity contribution < 1.29 is 32.1 Å². The van der Waals surface area contributed by atoms with Gasteiger partial charge in [-0.1, -0.05) is 12.1 Å². The molecule has 0 aliphatic carbocycles. The highest BCUT2D eigenvalue weighted by molar-refractivity contribution is 5.37. The van der Waals surface area contributed by atoms with Gasteiger partial charge in [0.2, 0.25) is 11.9 Å². The molecule has 0 aliphatic rings. The fourth-order valence-corrected chi connectivity index (χ4v) is 2.24. The first-order valence-corrected chi connectivity index (χ1v) is 9.37. The molecule has 10 nitrogen and oxygen atoms in total. The maximum atomic E-state index is 12.2. The maximum absolute atomic E-state index is 12.2. The number of halogens is 3. The van der Waals surface area contributed by atoms with E-state index in [0.717, 1.165) is 0 Å². The fraction of sp³-hybridized carbons (Fsp3) is 0.500. The molecule has 0 saturated carbocycles. The van der Waals surface area contributed by atoms with Gasteiger partial charge in [-0.05, 0) is 17.7 Å². The van der Waals surface area contributed by atoms with Crippen LogP contribution in [0.2, 0.25) is 0 Å². The first-order chi connectivity index (χ1) is 14.9. The average Bonchev–Trinajstić information content (AvgIpc) is 2.74. The van der Waals surface area contributed by atoms with Crippen molar-refractivity contribution in [3.8, 4) is 11.8 Å². The first-order valence-electron chi connectivity index (χ1n) is 9.37. The molecule has 4 N–H and O–H groups in total. The summed E-state index contributed by atoms with van der Waals surface area (Å²) in [6, 6.07) is 5.56. The van der Waals surface area contributed by atoms with Gasteiger partial charge in [0, 0.05) is 19.6 Å². The van der Waals surface area contributed by atoms with Gasteiger partial charge in [0.25, 0.3) is 0 Å².